The Bertz CT molecular complexity index is 663. The van der Waals surface area contributed by atoms with Gasteiger partial charge in [-0.2, -0.15) is 0 Å². The first-order valence-corrected chi connectivity index (χ1v) is 8.39. The summed E-state index contributed by atoms with van der Waals surface area (Å²) in [4.78, 5) is 15.1. The van der Waals surface area contributed by atoms with E-state index in [0.29, 0.717) is 5.92 Å². The van der Waals surface area contributed by atoms with Crippen molar-refractivity contribution in [2.75, 3.05) is 0 Å². The van der Waals surface area contributed by atoms with E-state index in [4.69, 9.17) is 5.11 Å². The summed E-state index contributed by atoms with van der Waals surface area (Å²) in [5.74, 6) is -0.294. The fourth-order valence-corrected chi connectivity index (χ4v) is 3.42. The van der Waals surface area contributed by atoms with Gasteiger partial charge in [-0.25, -0.2) is 4.39 Å². The monoisotopic (exact) mass is 317 g/mol. The lowest BCUT2D eigenvalue weighted by Crippen LogP contribution is -2.16. The van der Waals surface area contributed by atoms with Crippen molar-refractivity contribution in [1.29, 1.82) is 0 Å². The van der Waals surface area contributed by atoms with Gasteiger partial charge in [0.2, 0.25) is 0 Å². The van der Waals surface area contributed by atoms with Gasteiger partial charge >= 0.3 is 5.97 Å². The Hall–Kier alpha value is -1.97. The molecule has 1 aliphatic rings. The lowest BCUT2D eigenvalue weighted by molar-refractivity contribution is -0.138. The molecule has 3 nitrogen and oxygen atoms in total. The van der Waals surface area contributed by atoms with E-state index in [9.17, 15) is 9.18 Å². The minimum atomic E-state index is -0.713. The molecule has 2 aromatic rings. The fraction of sp³-hybridized carbons (Fsp3) is 0.474. The van der Waals surface area contributed by atoms with E-state index in [1.54, 1.807) is 18.3 Å². The third kappa shape index (κ3) is 4.27. The number of hydrogen-bond acceptors (Lipinski definition) is 2. The second-order valence-corrected chi connectivity index (χ2v) is 5.88. The van der Waals surface area contributed by atoms with Crippen LogP contribution in [0.4, 0.5) is 4.39 Å². The summed E-state index contributed by atoms with van der Waals surface area (Å²) in [6, 6.07) is 6.68. The van der Waals surface area contributed by atoms with Crippen LogP contribution in [-0.4, -0.2) is 16.1 Å². The van der Waals surface area contributed by atoms with Crippen molar-refractivity contribution in [2.45, 2.75) is 51.9 Å². The van der Waals surface area contributed by atoms with Gasteiger partial charge in [-0.1, -0.05) is 13.8 Å². The number of nitrogens with zero attached hydrogens (tertiary/aromatic N) is 1. The molecule has 0 radical (unpaired) electrons. The number of benzene rings is 1. The molecule has 1 aromatic heterocycles. The van der Waals surface area contributed by atoms with Crippen molar-refractivity contribution in [3.63, 3.8) is 0 Å². The predicted octanol–water partition coefficient (Wildman–Crippen LogP) is 5.15. The number of carboxylic acids is 1. The third-order valence-corrected chi connectivity index (χ3v) is 4.49. The van der Waals surface area contributed by atoms with Gasteiger partial charge in [-0.3, -0.25) is 9.78 Å². The standard InChI is InChI=1S/C17H18FNO2.C2H6/c18-13-5-6-16-15(10-13)14(7-8-19-16)12-3-1-11(2-4-12)9-17(20)21;1-2/h5-8,10-12H,1-4,9H2,(H,20,21);1-2H3. The molecule has 0 bridgehead atoms. The zero-order chi connectivity index (χ0) is 16.8. The van der Waals surface area contributed by atoms with Crippen LogP contribution in [0.1, 0.15) is 57.4 Å². The van der Waals surface area contributed by atoms with E-state index in [0.717, 1.165) is 42.1 Å². The molecule has 0 saturated heterocycles. The number of aromatic nitrogens is 1. The number of pyridine rings is 1. The molecule has 124 valence electrons. The van der Waals surface area contributed by atoms with Gasteiger partial charge < -0.3 is 5.11 Å². The molecule has 3 rings (SSSR count). The topological polar surface area (TPSA) is 50.2 Å². The molecular weight excluding hydrogens is 293 g/mol. The average molecular weight is 317 g/mol. The zero-order valence-electron chi connectivity index (χ0n) is 13.8. The first kappa shape index (κ1) is 17.4. The molecule has 23 heavy (non-hydrogen) atoms. The van der Waals surface area contributed by atoms with Crippen molar-refractivity contribution in [3.05, 3.63) is 41.8 Å². The van der Waals surface area contributed by atoms with Gasteiger partial charge in [-0.05, 0) is 67.3 Å². The van der Waals surface area contributed by atoms with E-state index in [2.05, 4.69) is 4.98 Å². The van der Waals surface area contributed by atoms with Crippen LogP contribution in [0.15, 0.2) is 30.5 Å². The quantitative estimate of drug-likeness (QED) is 0.852. The summed E-state index contributed by atoms with van der Waals surface area (Å²) in [5.41, 5.74) is 1.97. The average Bonchev–Trinajstić information content (AvgIpc) is 2.56. The van der Waals surface area contributed by atoms with E-state index in [1.165, 1.54) is 6.07 Å². The number of carbonyl (C=O) groups is 1. The number of fused-ring (bicyclic) bond motifs is 1. The number of rotatable bonds is 3. The van der Waals surface area contributed by atoms with Crippen molar-refractivity contribution < 1.29 is 14.3 Å². The minimum Gasteiger partial charge on any atom is -0.481 e. The molecule has 0 amide bonds. The fourth-order valence-electron chi connectivity index (χ4n) is 3.42. The van der Waals surface area contributed by atoms with E-state index in [-0.39, 0.29) is 18.2 Å². The summed E-state index contributed by atoms with van der Waals surface area (Å²) in [7, 11) is 0. The molecule has 1 N–H and O–H groups in total. The van der Waals surface area contributed by atoms with Crippen molar-refractivity contribution in [3.8, 4) is 0 Å². The lowest BCUT2D eigenvalue weighted by Gasteiger charge is -2.28. The van der Waals surface area contributed by atoms with Crippen LogP contribution in [0.2, 0.25) is 0 Å². The van der Waals surface area contributed by atoms with Gasteiger partial charge in [0.05, 0.1) is 5.52 Å². The number of halogens is 1. The van der Waals surface area contributed by atoms with Crippen LogP contribution in [-0.2, 0) is 4.79 Å². The second-order valence-electron chi connectivity index (χ2n) is 5.88. The Kier molecular flexibility index (Phi) is 6.08. The highest BCUT2D eigenvalue weighted by molar-refractivity contribution is 5.82. The first-order chi connectivity index (χ1) is 11.1. The Balaban J connectivity index is 0.000000924. The summed E-state index contributed by atoms with van der Waals surface area (Å²) < 4.78 is 13.5. The van der Waals surface area contributed by atoms with Crippen molar-refractivity contribution >= 4 is 16.9 Å². The molecule has 1 fully saturated rings. The van der Waals surface area contributed by atoms with E-state index < -0.39 is 5.97 Å². The first-order valence-electron chi connectivity index (χ1n) is 8.39. The Labute approximate surface area is 136 Å². The van der Waals surface area contributed by atoms with Crippen molar-refractivity contribution in [1.82, 2.24) is 4.98 Å². The van der Waals surface area contributed by atoms with Gasteiger partial charge in [0.25, 0.3) is 0 Å². The molecule has 0 unspecified atom stereocenters. The van der Waals surface area contributed by atoms with Crippen LogP contribution >= 0.6 is 0 Å². The van der Waals surface area contributed by atoms with Gasteiger partial charge in [-0.15, -0.1) is 0 Å². The molecule has 0 spiro atoms. The number of carboxylic acid groups (broad SMARTS) is 1. The van der Waals surface area contributed by atoms with Crippen LogP contribution in [0, 0.1) is 11.7 Å². The van der Waals surface area contributed by atoms with Gasteiger partial charge in [0.1, 0.15) is 5.82 Å². The molecule has 1 saturated carbocycles. The molecule has 0 aliphatic heterocycles. The highest BCUT2D eigenvalue weighted by atomic mass is 19.1. The van der Waals surface area contributed by atoms with Gasteiger partial charge in [0, 0.05) is 18.0 Å². The number of aliphatic carboxylic acids is 1. The highest BCUT2D eigenvalue weighted by Crippen LogP contribution is 2.39. The van der Waals surface area contributed by atoms with Crippen LogP contribution in [0.5, 0.6) is 0 Å². The molecule has 0 atom stereocenters. The summed E-state index contributed by atoms with van der Waals surface area (Å²) >= 11 is 0. The van der Waals surface area contributed by atoms with Crippen LogP contribution < -0.4 is 0 Å². The summed E-state index contributed by atoms with van der Waals surface area (Å²) in [6.45, 7) is 4.00. The Morgan fingerprint density at radius 1 is 1.22 bits per heavy atom. The normalized spacial score (nSPS) is 20.7. The van der Waals surface area contributed by atoms with Crippen LogP contribution in [0.25, 0.3) is 10.9 Å². The van der Waals surface area contributed by atoms with Gasteiger partial charge in [0.15, 0.2) is 0 Å². The third-order valence-electron chi connectivity index (χ3n) is 4.49. The Morgan fingerprint density at radius 2 is 1.91 bits per heavy atom. The van der Waals surface area contributed by atoms with E-state index >= 15 is 0 Å². The Morgan fingerprint density at radius 3 is 2.57 bits per heavy atom. The molecule has 1 aliphatic carbocycles. The molecular formula is C19H24FNO2. The molecule has 1 heterocycles. The van der Waals surface area contributed by atoms with Crippen LogP contribution in [0.3, 0.4) is 0 Å². The lowest BCUT2D eigenvalue weighted by atomic mass is 9.77. The predicted molar refractivity (Wildman–Crippen MR) is 90.0 cm³/mol. The maximum atomic E-state index is 13.5. The largest absolute Gasteiger partial charge is 0.481 e. The van der Waals surface area contributed by atoms with Crippen molar-refractivity contribution in [2.24, 2.45) is 5.92 Å². The maximum absolute atomic E-state index is 13.5. The smallest absolute Gasteiger partial charge is 0.303 e. The maximum Gasteiger partial charge on any atom is 0.303 e. The molecule has 4 heteroatoms. The summed E-state index contributed by atoms with van der Waals surface area (Å²) in [6.07, 6.45) is 5.82. The number of hydrogen-bond donors (Lipinski definition) is 1. The SMILES string of the molecule is CC.O=C(O)CC1CCC(c2ccnc3ccc(F)cc23)CC1. The second kappa shape index (κ2) is 8.04. The summed E-state index contributed by atoms with van der Waals surface area (Å²) in [5, 5.41) is 9.76. The highest BCUT2D eigenvalue weighted by Gasteiger charge is 2.25. The molecule has 1 aromatic carbocycles. The minimum absolute atomic E-state index is 0.240. The van der Waals surface area contributed by atoms with E-state index in [1.807, 2.05) is 19.9 Å². The zero-order valence-corrected chi connectivity index (χ0v) is 13.8.